The number of isothiocyanates is 1. The van der Waals surface area contributed by atoms with Crippen molar-refractivity contribution in [3.63, 3.8) is 0 Å². The Hall–Kier alpha value is -2.91. The second-order valence-electron chi connectivity index (χ2n) is 6.78. The average molecular weight is 472 g/mol. The van der Waals surface area contributed by atoms with Gasteiger partial charge in [-0.3, -0.25) is 0 Å². The molecule has 32 heavy (non-hydrogen) atoms. The van der Waals surface area contributed by atoms with E-state index >= 15 is 0 Å². The number of unbranched alkanes of at least 4 members (excludes halogenated alkanes) is 1. The third kappa shape index (κ3) is 5.86. The number of rotatable bonds is 6. The molecule has 0 spiro atoms. The second kappa shape index (κ2) is 11.1. The molecule has 0 N–H and O–H groups in total. The van der Waals surface area contributed by atoms with Gasteiger partial charge in [0.1, 0.15) is 17.3 Å². The van der Waals surface area contributed by atoms with E-state index in [1.807, 2.05) is 5.16 Å². The van der Waals surface area contributed by atoms with Crippen molar-refractivity contribution in [2.75, 3.05) is 5.75 Å². The van der Waals surface area contributed by atoms with Gasteiger partial charge in [-0.05, 0) is 71.9 Å². The summed E-state index contributed by atoms with van der Waals surface area (Å²) in [5, 5.41) is 1.94. The Labute approximate surface area is 193 Å². The first kappa shape index (κ1) is 23.7. The van der Waals surface area contributed by atoms with Crippen LogP contribution in [0.2, 0.25) is 0 Å². The Bertz CT molecular complexity index is 1190. The van der Waals surface area contributed by atoms with E-state index in [1.54, 1.807) is 24.3 Å². The summed E-state index contributed by atoms with van der Waals surface area (Å²) in [6.07, 6.45) is 1.98. The highest BCUT2D eigenvalue weighted by molar-refractivity contribution is 7.99. The zero-order chi connectivity index (χ0) is 23.1. The van der Waals surface area contributed by atoms with Gasteiger partial charge in [0.05, 0.1) is 10.7 Å². The van der Waals surface area contributed by atoms with Crippen molar-refractivity contribution in [3.8, 4) is 23.0 Å². The first-order valence-corrected chi connectivity index (χ1v) is 11.1. The summed E-state index contributed by atoms with van der Waals surface area (Å²) in [4.78, 5) is 3.91. The minimum atomic E-state index is -0.858. The molecule has 0 unspecified atom stereocenters. The second-order valence-corrected chi connectivity index (χ2v) is 8.13. The SMILES string of the molecule is CCCCSc1cc(F)c(C#Cc2ccc(-c3cc(F)c(N=C=S)c(F)c3)cc2)c(F)c1. The summed E-state index contributed by atoms with van der Waals surface area (Å²) < 4.78 is 56.7. The molecule has 3 rings (SSSR count). The standard InChI is InChI=1S/C25H17F4NS2/c1-2-3-10-32-19-13-21(26)20(22(27)14-19)9-6-16-4-7-17(8-5-16)18-11-23(28)25(30-15-31)24(29)12-18/h4-5,7-8,11-14H,2-3,10H2,1H3. The van der Waals surface area contributed by atoms with Gasteiger partial charge < -0.3 is 0 Å². The predicted octanol–water partition coefficient (Wildman–Crippen LogP) is 7.94. The molecule has 0 bridgehead atoms. The van der Waals surface area contributed by atoms with E-state index in [4.69, 9.17) is 0 Å². The van der Waals surface area contributed by atoms with Crippen LogP contribution >= 0.6 is 24.0 Å². The Morgan fingerprint density at radius 1 is 0.844 bits per heavy atom. The number of hydrogen-bond donors (Lipinski definition) is 0. The highest BCUT2D eigenvalue weighted by Crippen LogP contribution is 2.29. The quantitative estimate of drug-likeness (QED) is 0.0904. The summed E-state index contributed by atoms with van der Waals surface area (Å²) in [6.45, 7) is 2.05. The number of halogens is 4. The van der Waals surface area contributed by atoms with Gasteiger partial charge in [0.25, 0.3) is 0 Å². The Morgan fingerprint density at radius 2 is 1.47 bits per heavy atom. The molecule has 162 valence electrons. The molecule has 0 radical (unpaired) electrons. The van der Waals surface area contributed by atoms with Crippen LogP contribution < -0.4 is 0 Å². The maximum absolute atomic E-state index is 14.3. The summed E-state index contributed by atoms with van der Waals surface area (Å²) in [5.41, 5.74) is 0.544. The lowest BCUT2D eigenvalue weighted by atomic mass is 10.0. The maximum Gasteiger partial charge on any atom is 0.153 e. The number of benzene rings is 3. The predicted molar refractivity (Wildman–Crippen MR) is 124 cm³/mol. The molecule has 0 fully saturated rings. The first-order valence-electron chi connectivity index (χ1n) is 9.74. The van der Waals surface area contributed by atoms with Crippen LogP contribution in [0.15, 0.2) is 58.4 Å². The molecule has 0 heterocycles. The monoisotopic (exact) mass is 471 g/mol. The van der Waals surface area contributed by atoms with Gasteiger partial charge in [0.15, 0.2) is 11.6 Å². The van der Waals surface area contributed by atoms with Gasteiger partial charge in [0, 0.05) is 10.5 Å². The Kier molecular flexibility index (Phi) is 8.24. The Balaban J connectivity index is 1.81. The summed E-state index contributed by atoms with van der Waals surface area (Å²) in [6, 6.07) is 11.3. The lowest BCUT2D eigenvalue weighted by Gasteiger charge is -2.05. The fourth-order valence-electron chi connectivity index (χ4n) is 2.85. The lowest BCUT2D eigenvalue weighted by molar-refractivity contribution is 0.571. The van der Waals surface area contributed by atoms with Gasteiger partial charge >= 0.3 is 0 Å². The van der Waals surface area contributed by atoms with Crippen molar-refractivity contribution in [3.05, 3.63) is 82.9 Å². The van der Waals surface area contributed by atoms with E-state index in [0.29, 0.717) is 21.6 Å². The summed E-state index contributed by atoms with van der Waals surface area (Å²) in [7, 11) is 0. The van der Waals surface area contributed by atoms with Crippen LogP contribution in [-0.2, 0) is 0 Å². The molecule has 0 aliphatic heterocycles. The normalized spacial score (nSPS) is 10.3. The minimum absolute atomic E-state index is 0.298. The summed E-state index contributed by atoms with van der Waals surface area (Å²) >= 11 is 5.79. The molecule has 1 nitrogen and oxygen atoms in total. The van der Waals surface area contributed by atoms with Gasteiger partial charge in [0.2, 0.25) is 0 Å². The van der Waals surface area contributed by atoms with Crippen molar-refractivity contribution in [2.45, 2.75) is 24.7 Å². The van der Waals surface area contributed by atoms with Gasteiger partial charge in [-0.2, -0.15) is 4.99 Å². The fourth-order valence-corrected chi connectivity index (χ4v) is 3.99. The van der Waals surface area contributed by atoms with Crippen LogP contribution in [0.25, 0.3) is 11.1 Å². The Morgan fingerprint density at radius 3 is 2.03 bits per heavy atom. The van der Waals surface area contributed by atoms with E-state index in [2.05, 4.69) is 36.0 Å². The van der Waals surface area contributed by atoms with Crippen molar-refractivity contribution in [1.29, 1.82) is 0 Å². The first-order chi connectivity index (χ1) is 15.4. The van der Waals surface area contributed by atoms with Crippen LogP contribution in [0.4, 0.5) is 23.2 Å². The van der Waals surface area contributed by atoms with E-state index in [0.717, 1.165) is 30.7 Å². The van der Waals surface area contributed by atoms with Crippen LogP contribution in [-0.4, -0.2) is 10.9 Å². The topological polar surface area (TPSA) is 12.4 Å². The van der Waals surface area contributed by atoms with E-state index in [-0.39, 0.29) is 5.56 Å². The molecule has 0 saturated carbocycles. The number of thiocarbonyl (C=S) groups is 1. The highest BCUT2D eigenvalue weighted by atomic mass is 32.2. The summed E-state index contributed by atoms with van der Waals surface area (Å²) in [5.74, 6) is 2.91. The molecule has 0 saturated heterocycles. The molecular formula is C25H17F4NS2. The highest BCUT2D eigenvalue weighted by Gasteiger charge is 2.12. The molecule has 0 amide bonds. The van der Waals surface area contributed by atoms with Gasteiger partial charge in [-0.1, -0.05) is 37.3 Å². The van der Waals surface area contributed by atoms with Gasteiger partial charge in [-0.25, -0.2) is 17.6 Å². The number of thioether (sulfide) groups is 1. The number of aliphatic imine (C=N–C) groups is 1. The van der Waals surface area contributed by atoms with Crippen LogP contribution in [0.5, 0.6) is 0 Å². The van der Waals surface area contributed by atoms with Crippen molar-refractivity contribution in [2.24, 2.45) is 4.99 Å². The van der Waals surface area contributed by atoms with Crippen LogP contribution in [0, 0.1) is 35.1 Å². The molecule has 0 aliphatic rings. The number of nitrogens with zero attached hydrogens (tertiary/aromatic N) is 1. The smallest absolute Gasteiger partial charge is 0.153 e. The van der Waals surface area contributed by atoms with E-state index < -0.39 is 29.0 Å². The molecule has 7 heteroatoms. The molecule has 0 aliphatic carbocycles. The van der Waals surface area contributed by atoms with Crippen LogP contribution in [0.1, 0.15) is 30.9 Å². The zero-order valence-corrected chi connectivity index (χ0v) is 18.6. The maximum atomic E-state index is 14.3. The fraction of sp³-hybridized carbons (Fsp3) is 0.160. The van der Waals surface area contributed by atoms with E-state index in [9.17, 15) is 17.6 Å². The van der Waals surface area contributed by atoms with E-state index in [1.165, 1.54) is 23.9 Å². The molecule has 0 atom stereocenters. The third-order valence-electron chi connectivity index (χ3n) is 4.51. The lowest BCUT2D eigenvalue weighted by Crippen LogP contribution is -1.92. The third-order valence-corrected chi connectivity index (χ3v) is 5.66. The van der Waals surface area contributed by atoms with Crippen LogP contribution in [0.3, 0.4) is 0 Å². The largest absolute Gasteiger partial charge is 0.205 e. The molecule has 3 aromatic carbocycles. The van der Waals surface area contributed by atoms with Crippen molar-refractivity contribution in [1.82, 2.24) is 0 Å². The molecule has 0 aromatic heterocycles. The van der Waals surface area contributed by atoms with Crippen molar-refractivity contribution >= 4 is 34.8 Å². The zero-order valence-electron chi connectivity index (χ0n) is 17.0. The molecular weight excluding hydrogens is 454 g/mol. The van der Waals surface area contributed by atoms with Gasteiger partial charge in [-0.15, -0.1) is 11.8 Å². The average Bonchev–Trinajstić information content (AvgIpc) is 2.76. The minimum Gasteiger partial charge on any atom is -0.205 e. The molecule has 3 aromatic rings. The van der Waals surface area contributed by atoms with Crippen molar-refractivity contribution < 1.29 is 17.6 Å². The number of hydrogen-bond acceptors (Lipinski definition) is 3.